The van der Waals surface area contributed by atoms with E-state index in [-0.39, 0.29) is 50.0 Å². The van der Waals surface area contributed by atoms with Crippen LogP contribution in [-0.4, -0.2) is 75.5 Å². The van der Waals surface area contributed by atoms with Gasteiger partial charge in [-0.05, 0) is 53.6 Å². The number of benzene rings is 4. The van der Waals surface area contributed by atoms with E-state index in [1.165, 1.54) is 33.5 Å². The smallest absolute Gasteiger partial charge is 0.261 e. The number of para-hydroxylation sites is 1. The van der Waals surface area contributed by atoms with E-state index in [0.29, 0.717) is 29.7 Å². The van der Waals surface area contributed by atoms with Crippen LogP contribution < -0.4 is 14.8 Å². The van der Waals surface area contributed by atoms with Crippen molar-refractivity contribution in [2.45, 2.75) is 30.4 Å². The molecular formula is C36H38ClN3O7S. The van der Waals surface area contributed by atoms with Crippen molar-refractivity contribution in [2.75, 3.05) is 40.0 Å². The fraction of sp³-hybridized carbons (Fsp3) is 0.278. The van der Waals surface area contributed by atoms with Crippen molar-refractivity contribution < 1.29 is 32.2 Å². The summed E-state index contributed by atoms with van der Waals surface area (Å²) in [6.45, 7) is 1.21. The molecule has 1 fully saturated rings. The van der Waals surface area contributed by atoms with E-state index in [0.717, 1.165) is 16.7 Å². The summed E-state index contributed by atoms with van der Waals surface area (Å²) in [4.78, 5) is 29.6. The number of nitrogens with one attached hydrogen (secondary N) is 1. The molecule has 12 heteroatoms. The highest BCUT2D eigenvalue weighted by Gasteiger charge is 2.31. The highest BCUT2D eigenvalue weighted by molar-refractivity contribution is 7.89. The van der Waals surface area contributed by atoms with Crippen LogP contribution in [0.4, 0.5) is 0 Å². The molecule has 4 aromatic carbocycles. The summed E-state index contributed by atoms with van der Waals surface area (Å²) in [5, 5.41) is 3.55. The van der Waals surface area contributed by atoms with Crippen molar-refractivity contribution in [2.24, 2.45) is 0 Å². The minimum absolute atomic E-state index is 0.121. The lowest BCUT2D eigenvalue weighted by Gasteiger charge is -2.31. The zero-order valence-corrected chi connectivity index (χ0v) is 28.2. The molecule has 1 heterocycles. The average Bonchev–Trinajstić information content (AvgIpc) is 3.13. The molecule has 4 aromatic rings. The summed E-state index contributed by atoms with van der Waals surface area (Å²) in [5.74, 6) is 0.188. The van der Waals surface area contributed by atoms with Gasteiger partial charge in [0.05, 0.1) is 25.2 Å². The minimum Gasteiger partial charge on any atom is -0.496 e. The fourth-order valence-electron chi connectivity index (χ4n) is 5.36. The number of carbonyl (C=O) groups excluding carboxylic acids is 2. The van der Waals surface area contributed by atoms with Crippen molar-refractivity contribution in [3.63, 3.8) is 0 Å². The number of hydrogen-bond acceptors (Lipinski definition) is 7. The van der Waals surface area contributed by atoms with Gasteiger partial charge in [0.2, 0.25) is 15.9 Å². The maximum atomic E-state index is 14.0. The largest absolute Gasteiger partial charge is 0.496 e. The lowest BCUT2D eigenvalue weighted by Crippen LogP contribution is -2.51. The number of sulfonamides is 1. The summed E-state index contributed by atoms with van der Waals surface area (Å²) >= 11 is 6.14. The highest BCUT2D eigenvalue weighted by Crippen LogP contribution is 2.22. The van der Waals surface area contributed by atoms with Gasteiger partial charge < -0.3 is 24.4 Å². The monoisotopic (exact) mass is 691 g/mol. The highest BCUT2D eigenvalue weighted by atomic mass is 35.5. The number of carbonyl (C=O) groups is 2. The van der Waals surface area contributed by atoms with Crippen molar-refractivity contribution in [3.05, 3.63) is 125 Å². The Balaban J connectivity index is 1.37. The molecular weight excluding hydrogens is 654 g/mol. The lowest BCUT2D eigenvalue weighted by molar-refractivity contribution is -0.142. The fourth-order valence-corrected chi connectivity index (χ4v) is 6.90. The Hall–Kier alpha value is -4.42. The number of halogens is 1. The summed E-state index contributed by atoms with van der Waals surface area (Å²) in [7, 11) is -2.11. The average molecular weight is 692 g/mol. The van der Waals surface area contributed by atoms with Crippen molar-refractivity contribution in [1.82, 2.24) is 14.5 Å². The molecule has 0 aromatic heterocycles. The Morgan fingerprint density at radius 2 is 1.56 bits per heavy atom. The van der Waals surface area contributed by atoms with Gasteiger partial charge in [-0.1, -0.05) is 72.3 Å². The molecule has 2 amide bonds. The number of amides is 2. The normalized spacial score (nSPS) is 14.1. The standard InChI is InChI=1S/C36H38ClN3O7S/c1-45-34-10-6-5-9-29(34)24-38-36(42)33(23-27-7-3-2-4-8-27)40(25-28-11-13-30(37)14-12-28)35(41)26-47-31-15-17-32(18-16-31)48(43,44)39-19-21-46-22-20-39/h2-18,33H,19-26H2,1H3,(H,38,42)/t33-/m1/s1. The van der Waals surface area contributed by atoms with E-state index in [9.17, 15) is 18.0 Å². The molecule has 252 valence electrons. The summed E-state index contributed by atoms with van der Waals surface area (Å²) in [6.07, 6.45) is 0.256. The molecule has 0 unspecified atom stereocenters. The zero-order chi connectivity index (χ0) is 33.9. The summed E-state index contributed by atoms with van der Waals surface area (Å²) in [5.41, 5.74) is 2.45. The van der Waals surface area contributed by atoms with Crippen molar-refractivity contribution in [1.29, 1.82) is 0 Å². The molecule has 1 atom stereocenters. The molecule has 1 aliphatic heterocycles. The number of ether oxygens (including phenoxy) is 3. The van der Waals surface area contributed by atoms with Crippen molar-refractivity contribution in [3.8, 4) is 11.5 Å². The zero-order valence-electron chi connectivity index (χ0n) is 26.6. The van der Waals surface area contributed by atoms with Crippen LogP contribution in [0.5, 0.6) is 11.5 Å². The molecule has 0 radical (unpaired) electrons. The van der Waals surface area contributed by atoms with Gasteiger partial charge in [-0.3, -0.25) is 9.59 Å². The predicted molar refractivity (Wildman–Crippen MR) is 182 cm³/mol. The van der Waals surface area contributed by atoms with Gasteiger partial charge in [-0.15, -0.1) is 0 Å². The number of methoxy groups -OCH3 is 1. The van der Waals surface area contributed by atoms with Crippen LogP contribution in [0.3, 0.4) is 0 Å². The molecule has 1 saturated heterocycles. The van der Waals surface area contributed by atoms with E-state index >= 15 is 0 Å². The van der Waals surface area contributed by atoms with Gasteiger partial charge in [-0.2, -0.15) is 4.31 Å². The third-order valence-electron chi connectivity index (χ3n) is 7.98. The molecule has 10 nitrogen and oxygen atoms in total. The number of morpholine rings is 1. The van der Waals surface area contributed by atoms with Gasteiger partial charge in [-0.25, -0.2) is 8.42 Å². The first kappa shape index (κ1) is 34.9. The van der Waals surface area contributed by atoms with Crippen LogP contribution in [0.15, 0.2) is 108 Å². The first-order chi connectivity index (χ1) is 23.2. The van der Waals surface area contributed by atoms with E-state index in [1.807, 2.05) is 66.7 Å². The maximum absolute atomic E-state index is 14.0. The van der Waals surface area contributed by atoms with Crippen LogP contribution in [0, 0.1) is 0 Å². The van der Waals surface area contributed by atoms with Gasteiger partial charge in [0.25, 0.3) is 5.91 Å². The Morgan fingerprint density at radius 3 is 2.25 bits per heavy atom. The number of hydrogen-bond donors (Lipinski definition) is 1. The summed E-state index contributed by atoms with van der Waals surface area (Å²) < 4.78 is 44.1. The second kappa shape index (κ2) is 16.6. The van der Waals surface area contributed by atoms with Crippen LogP contribution in [0.25, 0.3) is 0 Å². The first-order valence-corrected chi connectivity index (χ1v) is 17.3. The molecule has 48 heavy (non-hydrogen) atoms. The molecule has 0 aliphatic carbocycles. The van der Waals surface area contributed by atoms with Crippen LogP contribution in [0.1, 0.15) is 16.7 Å². The Labute approximate surface area is 286 Å². The van der Waals surface area contributed by atoms with Gasteiger partial charge in [0.1, 0.15) is 17.5 Å². The van der Waals surface area contributed by atoms with E-state index in [2.05, 4.69) is 5.32 Å². The second-order valence-electron chi connectivity index (χ2n) is 11.2. The van der Waals surface area contributed by atoms with Crippen molar-refractivity contribution >= 4 is 33.4 Å². The molecule has 1 aliphatic rings. The summed E-state index contributed by atoms with van der Waals surface area (Å²) in [6, 6.07) is 29.0. The third kappa shape index (κ3) is 9.13. The van der Waals surface area contributed by atoms with E-state index in [1.54, 1.807) is 19.2 Å². The second-order valence-corrected chi connectivity index (χ2v) is 13.5. The predicted octanol–water partition coefficient (Wildman–Crippen LogP) is 4.70. The molecule has 1 N–H and O–H groups in total. The molecule has 5 rings (SSSR count). The Kier molecular flexibility index (Phi) is 12.1. The van der Waals surface area contributed by atoms with Crippen LogP contribution in [0.2, 0.25) is 5.02 Å². The SMILES string of the molecule is COc1ccccc1CNC(=O)[C@@H](Cc1ccccc1)N(Cc1ccc(Cl)cc1)C(=O)COc1ccc(S(=O)(=O)N2CCOCC2)cc1. The van der Waals surface area contributed by atoms with E-state index < -0.39 is 22.0 Å². The number of rotatable bonds is 14. The van der Waals surface area contributed by atoms with Gasteiger partial charge in [0.15, 0.2) is 6.61 Å². The first-order valence-electron chi connectivity index (χ1n) is 15.5. The van der Waals surface area contributed by atoms with E-state index in [4.69, 9.17) is 25.8 Å². The van der Waals surface area contributed by atoms with Gasteiger partial charge in [0, 0.05) is 43.2 Å². The lowest BCUT2D eigenvalue weighted by atomic mass is 10.0. The minimum atomic E-state index is -3.68. The quantitative estimate of drug-likeness (QED) is 0.204. The number of nitrogens with zero attached hydrogens (tertiary/aromatic N) is 2. The molecule has 0 bridgehead atoms. The van der Waals surface area contributed by atoms with Crippen LogP contribution in [-0.2, 0) is 43.9 Å². The van der Waals surface area contributed by atoms with Crippen LogP contribution >= 0.6 is 11.6 Å². The Bertz CT molecular complexity index is 1770. The maximum Gasteiger partial charge on any atom is 0.261 e. The third-order valence-corrected chi connectivity index (χ3v) is 10.1. The molecule has 0 spiro atoms. The van der Waals surface area contributed by atoms with Gasteiger partial charge >= 0.3 is 0 Å². The molecule has 0 saturated carbocycles. The Morgan fingerprint density at radius 1 is 0.896 bits per heavy atom. The topological polar surface area (TPSA) is 114 Å².